The third kappa shape index (κ3) is 8.44. The highest BCUT2D eigenvalue weighted by molar-refractivity contribution is 6.22. The lowest BCUT2D eigenvalue weighted by Crippen LogP contribution is -2.42. The smallest absolute Gasteiger partial charge is 0.408 e. The van der Waals surface area contributed by atoms with Gasteiger partial charge in [-0.2, -0.15) is 0 Å². The van der Waals surface area contributed by atoms with E-state index < -0.39 is 30.2 Å². The zero-order chi connectivity index (χ0) is 32.6. The number of alkyl carbamates (subject to hydrolysis) is 1. The molecule has 3 aliphatic heterocycles. The van der Waals surface area contributed by atoms with E-state index in [0.29, 0.717) is 17.7 Å². The molecule has 3 aliphatic rings. The topological polar surface area (TPSA) is 118 Å². The average molecular weight is 642 g/mol. The summed E-state index contributed by atoms with van der Waals surface area (Å²) < 4.78 is 18.4. The van der Waals surface area contributed by atoms with Crippen LogP contribution in [0.25, 0.3) is 0 Å². The van der Waals surface area contributed by atoms with Gasteiger partial charge in [0, 0.05) is 18.5 Å². The molecular formula is C37H43N3O7. The number of carbonyl (C=O) groups is 3. The maximum Gasteiger partial charge on any atom is 0.408 e. The van der Waals surface area contributed by atoms with Crippen LogP contribution in [0.1, 0.15) is 79.6 Å². The Morgan fingerprint density at radius 1 is 0.851 bits per heavy atom. The summed E-state index contributed by atoms with van der Waals surface area (Å²) in [6.45, 7) is 2.92. The monoisotopic (exact) mass is 641 g/mol. The van der Waals surface area contributed by atoms with E-state index in [1.165, 1.54) is 32.1 Å². The maximum absolute atomic E-state index is 13.4. The molecular weight excluding hydrogens is 598 g/mol. The first kappa shape index (κ1) is 32.8. The standard InChI is InChI=1S/C37H43N3O7/c41-24-26-14-16-28(17-15-26)33-21-31(23-39-18-7-2-1-3-8-19-39)46-36(47-33)29-12-9-13-30(20-29)40-34(42)22-32(35(40)43)38-37(44)45-25-27-10-5-4-6-11-27/h4-6,9-17,20,31-33,36,41H,1-3,7-8,18-19,21-25H2,(H,38,44)/t31-,32?,33+,36+/m0/s1. The minimum absolute atomic E-state index is 0.0267. The summed E-state index contributed by atoms with van der Waals surface area (Å²) in [6.07, 6.45) is 4.86. The number of rotatable bonds is 9. The summed E-state index contributed by atoms with van der Waals surface area (Å²) in [5, 5.41) is 12.1. The van der Waals surface area contributed by atoms with Crippen molar-refractivity contribution in [3.8, 4) is 0 Å². The van der Waals surface area contributed by atoms with Gasteiger partial charge in [-0.1, -0.05) is 86.0 Å². The molecule has 4 atom stereocenters. The highest BCUT2D eigenvalue weighted by atomic mass is 16.7. The fourth-order valence-electron chi connectivity index (χ4n) is 6.55. The largest absolute Gasteiger partial charge is 0.445 e. The number of hydrogen-bond donors (Lipinski definition) is 2. The van der Waals surface area contributed by atoms with Gasteiger partial charge in [-0.15, -0.1) is 0 Å². The maximum atomic E-state index is 13.4. The molecule has 0 spiro atoms. The lowest BCUT2D eigenvalue weighted by molar-refractivity contribution is -0.253. The highest BCUT2D eigenvalue weighted by Crippen LogP contribution is 2.39. The van der Waals surface area contributed by atoms with Crippen LogP contribution in [0.4, 0.5) is 10.5 Å². The van der Waals surface area contributed by atoms with Gasteiger partial charge in [-0.05, 0) is 54.8 Å². The second-order valence-corrected chi connectivity index (χ2v) is 12.5. The Kier molecular flexibility index (Phi) is 10.9. The fourth-order valence-corrected chi connectivity index (χ4v) is 6.55. The van der Waals surface area contributed by atoms with Crippen LogP contribution in [0.3, 0.4) is 0 Å². The molecule has 10 heteroatoms. The van der Waals surface area contributed by atoms with E-state index in [0.717, 1.165) is 41.2 Å². The molecule has 3 aromatic rings. The van der Waals surface area contributed by atoms with Crippen molar-refractivity contribution < 1.29 is 33.7 Å². The van der Waals surface area contributed by atoms with Crippen LogP contribution in [0.2, 0.25) is 0 Å². The van der Waals surface area contributed by atoms with Crippen LogP contribution in [0.15, 0.2) is 78.9 Å². The Morgan fingerprint density at radius 3 is 2.34 bits per heavy atom. The van der Waals surface area contributed by atoms with Crippen molar-refractivity contribution in [3.05, 3.63) is 101 Å². The molecule has 3 saturated heterocycles. The third-order valence-corrected chi connectivity index (χ3v) is 9.08. The number of aliphatic hydroxyl groups excluding tert-OH is 1. The second kappa shape index (κ2) is 15.7. The van der Waals surface area contributed by atoms with Crippen molar-refractivity contribution in [2.75, 3.05) is 24.5 Å². The molecule has 6 rings (SSSR count). The average Bonchev–Trinajstić information content (AvgIpc) is 3.36. The number of likely N-dealkylation sites (tertiary alicyclic amines) is 1. The number of amides is 3. The molecule has 0 aliphatic carbocycles. The second-order valence-electron chi connectivity index (χ2n) is 12.5. The van der Waals surface area contributed by atoms with Gasteiger partial charge in [0.05, 0.1) is 30.9 Å². The van der Waals surface area contributed by atoms with Crippen LogP contribution in [0, 0.1) is 0 Å². The summed E-state index contributed by atoms with van der Waals surface area (Å²) in [4.78, 5) is 42.5. The molecule has 47 heavy (non-hydrogen) atoms. The van der Waals surface area contributed by atoms with Crippen LogP contribution < -0.4 is 10.2 Å². The molecule has 3 amide bonds. The van der Waals surface area contributed by atoms with E-state index in [9.17, 15) is 19.5 Å². The third-order valence-electron chi connectivity index (χ3n) is 9.08. The van der Waals surface area contributed by atoms with E-state index in [1.54, 1.807) is 18.2 Å². The number of benzene rings is 3. The molecule has 3 heterocycles. The number of hydrogen-bond acceptors (Lipinski definition) is 8. The fraction of sp³-hybridized carbons (Fsp3) is 0.432. The first-order valence-corrected chi connectivity index (χ1v) is 16.6. The molecule has 0 bridgehead atoms. The van der Waals surface area contributed by atoms with E-state index in [2.05, 4.69) is 10.2 Å². The van der Waals surface area contributed by atoms with E-state index in [1.807, 2.05) is 60.7 Å². The lowest BCUT2D eigenvalue weighted by atomic mass is 9.99. The Labute approximate surface area is 275 Å². The van der Waals surface area contributed by atoms with Crippen molar-refractivity contribution >= 4 is 23.6 Å². The minimum atomic E-state index is -1.02. The molecule has 10 nitrogen and oxygen atoms in total. The normalized spacial score (nSPS) is 24.1. The van der Waals surface area contributed by atoms with Gasteiger partial charge in [-0.3, -0.25) is 9.59 Å². The molecule has 3 fully saturated rings. The number of aliphatic hydroxyl groups is 1. The van der Waals surface area contributed by atoms with Gasteiger partial charge in [0.25, 0.3) is 5.91 Å². The molecule has 1 unspecified atom stereocenters. The Morgan fingerprint density at radius 2 is 1.60 bits per heavy atom. The zero-order valence-corrected chi connectivity index (χ0v) is 26.6. The first-order valence-electron chi connectivity index (χ1n) is 16.6. The molecule has 2 N–H and O–H groups in total. The van der Waals surface area contributed by atoms with Gasteiger partial charge in [0.1, 0.15) is 12.6 Å². The number of nitrogens with zero attached hydrogens (tertiary/aromatic N) is 2. The summed E-state index contributed by atoms with van der Waals surface area (Å²) >= 11 is 0. The predicted molar refractivity (Wildman–Crippen MR) is 175 cm³/mol. The predicted octanol–water partition coefficient (Wildman–Crippen LogP) is 5.55. The van der Waals surface area contributed by atoms with Crippen LogP contribution in [-0.4, -0.2) is 59.7 Å². The minimum Gasteiger partial charge on any atom is -0.445 e. The number of anilines is 1. The SMILES string of the molecule is O=C(NC1CC(=O)N(c2cccc([C@@H]3O[C@H](CN4CCCCCCC4)C[C@H](c4ccc(CO)cc4)O3)c2)C1=O)OCc1ccccc1. The Hall–Kier alpha value is -4.09. The van der Waals surface area contributed by atoms with Crippen molar-refractivity contribution in [3.63, 3.8) is 0 Å². The van der Waals surface area contributed by atoms with Gasteiger partial charge in [0.2, 0.25) is 5.91 Å². The van der Waals surface area contributed by atoms with Crippen molar-refractivity contribution in [1.29, 1.82) is 0 Å². The van der Waals surface area contributed by atoms with Gasteiger partial charge < -0.3 is 29.5 Å². The number of ether oxygens (including phenoxy) is 3. The van der Waals surface area contributed by atoms with Crippen LogP contribution >= 0.6 is 0 Å². The first-order chi connectivity index (χ1) is 23.0. The van der Waals surface area contributed by atoms with E-state index in [4.69, 9.17) is 14.2 Å². The van der Waals surface area contributed by atoms with E-state index >= 15 is 0 Å². The summed E-state index contributed by atoms with van der Waals surface area (Å²) in [7, 11) is 0. The Bertz CT molecular complexity index is 1510. The van der Waals surface area contributed by atoms with Crippen LogP contribution in [0.5, 0.6) is 0 Å². The zero-order valence-electron chi connectivity index (χ0n) is 26.6. The van der Waals surface area contributed by atoms with Crippen molar-refractivity contribution in [2.24, 2.45) is 0 Å². The molecule has 3 aromatic carbocycles. The molecule has 248 valence electrons. The Balaban J connectivity index is 1.16. The number of carbonyl (C=O) groups excluding carboxylic acids is 3. The van der Waals surface area contributed by atoms with Gasteiger partial charge in [0.15, 0.2) is 6.29 Å². The summed E-state index contributed by atoms with van der Waals surface area (Å²) in [5.41, 5.74) is 3.73. The lowest BCUT2D eigenvalue weighted by Gasteiger charge is -2.39. The van der Waals surface area contributed by atoms with Crippen LogP contribution in [-0.2, 0) is 37.0 Å². The molecule has 0 aromatic heterocycles. The van der Waals surface area contributed by atoms with Crippen molar-refractivity contribution in [1.82, 2.24) is 10.2 Å². The van der Waals surface area contributed by atoms with Crippen molar-refractivity contribution in [2.45, 2.75) is 82.7 Å². The molecule has 0 saturated carbocycles. The van der Waals surface area contributed by atoms with Gasteiger partial charge in [-0.25, -0.2) is 9.69 Å². The van der Waals surface area contributed by atoms with E-state index in [-0.39, 0.29) is 31.8 Å². The molecule has 0 radical (unpaired) electrons. The summed E-state index contributed by atoms with van der Waals surface area (Å²) in [5.74, 6) is -0.936. The van der Waals surface area contributed by atoms with Gasteiger partial charge >= 0.3 is 6.09 Å². The highest BCUT2D eigenvalue weighted by Gasteiger charge is 2.41. The number of nitrogens with one attached hydrogen (secondary N) is 1. The summed E-state index contributed by atoms with van der Waals surface area (Å²) in [6, 6.07) is 23.1. The number of imide groups is 1. The quantitative estimate of drug-likeness (QED) is 0.292.